The first-order valence-corrected chi connectivity index (χ1v) is 12.2. The lowest BCUT2D eigenvalue weighted by molar-refractivity contribution is 0.0747. The van der Waals surface area contributed by atoms with Crippen molar-refractivity contribution in [1.82, 2.24) is 19.9 Å². The quantitative estimate of drug-likeness (QED) is 0.602. The number of nitrogens with zero attached hydrogens (tertiary/aromatic N) is 6. The number of anilines is 3. The highest BCUT2D eigenvalue weighted by Crippen LogP contribution is 2.35. The first-order valence-electron chi connectivity index (χ1n) is 11.5. The van der Waals surface area contributed by atoms with Gasteiger partial charge in [-0.1, -0.05) is 29.0 Å². The maximum Gasteiger partial charge on any atom is 0.232 e. The lowest BCUT2D eigenvalue weighted by Gasteiger charge is -2.39. The molecule has 33 heavy (non-hydrogen) atoms. The van der Waals surface area contributed by atoms with Gasteiger partial charge in [0.15, 0.2) is 5.82 Å². The highest BCUT2D eigenvalue weighted by molar-refractivity contribution is 7.16. The molecule has 0 spiro atoms. The van der Waals surface area contributed by atoms with E-state index in [1.807, 2.05) is 0 Å². The first kappa shape index (κ1) is 24.0. The number of ether oxygens (including phenoxy) is 2. The van der Waals surface area contributed by atoms with Crippen LogP contribution in [0.1, 0.15) is 51.5 Å². The molecule has 9 nitrogen and oxygen atoms in total. The van der Waals surface area contributed by atoms with Crippen molar-refractivity contribution in [3.63, 3.8) is 0 Å². The molecule has 2 aliphatic rings. The number of rotatable bonds is 7. The third kappa shape index (κ3) is 5.18. The minimum Gasteiger partial charge on any atom is -0.384 e. The molecule has 2 aromatic rings. The summed E-state index contributed by atoms with van der Waals surface area (Å²) in [6.45, 7) is 8.54. The molecule has 0 bridgehead atoms. The van der Waals surface area contributed by atoms with E-state index in [0.717, 1.165) is 19.3 Å². The SMILES string of the molecule is CCCCC1COCN1c1nc(-c2cnc(N)cc2C(F)P)nc(N2C(C)COCC2C)n1. The summed E-state index contributed by atoms with van der Waals surface area (Å²) < 4.78 is 26.0. The Morgan fingerprint density at radius 3 is 2.58 bits per heavy atom. The van der Waals surface area contributed by atoms with E-state index >= 15 is 0 Å². The average molecular weight is 478 g/mol. The van der Waals surface area contributed by atoms with E-state index in [2.05, 4.69) is 44.8 Å². The molecule has 5 unspecified atom stereocenters. The van der Waals surface area contributed by atoms with Crippen LogP contribution >= 0.6 is 9.24 Å². The summed E-state index contributed by atoms with van der Waals surface area (Å²) in [6, 6.07) is 1.88. The van der Waals surface area contributed by atoms with Crippen molar-refractivity contribution in [2.45, 2.75) is 64.1 Å². The van der Waals surface area contributed by atoms with E-state index in [1.165, 1.54) is 12.3 Å². The van der Waals surface area contributed by atoms with Crippen LogP contribution < -0.4 is 15.5 Å². The smallest absolute Gasteiger partial charge is 0.232 e. The van der Waals surface area contributed by atoms with Crippen LogP contribution in [0.15, 0.2) is 12.3 Å². The van der Waals surface area contributed by atoms with Crippen LogP contribution in [0.25, 0.3) is 11.4 Å². The van der Waals surface area contributed by atoms with Gasteiger partial charge in [0.05, 0.1) is 37.9 Å². The molecule has 4 rings (SSSR count). The molecule has 0 aromatic carbocycles. The largest absolute Gasteiger partial charge is 0.384 e. The molecular weight excluding hydrogens is 444 g/mol. The van der Waals surface area contributed by atoms with Gasteiger partial charge in [0.1, 0.15) is 18.5 Å². The van der Waals surface area contributed by atoms with Gasteiger partial charge in [-0.25, -0.2) is 9.37 Å². The van der Waals surface area contributed by atoms with Crippen LogP contribution in [0.5, 0.6) is 0 Å². The molecule has 2 aliphatic heterocycles. The summed E-state index contributed by atoms with van der Waals surface area (Å²) in [5.74, 6) is 0.358. The Morgan fingerprint density at radius 1 is 1.15 bits per heavy atom. The van der Waals surface area contributed by atoms with Crippen molar-refractivity contribution in [2.24, 2.45) is 0 Å². The summed E-state index contributed by atoms with van der Waals surface area (Å²) in [5, 5.41) is 0. The van der Waals surface area contributed by atoms with Crippen LogP contribution in [0, 0.1) is 0 Å². The van der Waals surface area contributed by atoms with Gasteiger partial charge in [-0.15, -0.1) is 0 Å². The van der Waals surface area contributed by atoms with E-state index in [4.69, 9.17) is 30.2 Å². The molecule has 2 saturated heterocycles. The van der Waals surface area contributed by atoms with Gasteiger partial charge < -0.3 is 25.0 Å². The number of halogens is 1. The third-order valence-electron chi connectivity index (χ3n) is 6.13. The first-order chi connectivity index (χ1) is 15.9. The normalized spacial score (nSPS) is 24.3. The molecular formula is C22H33FN7O2P. The van der Waals surface area contributed by atoms with Crippen LogP contribution in [-0.2, 0) is 9.47 Å². The second-order valence-corrected chi connectivity index (χ2v) is 9.35. The molecule has 0 amide bonds. The van der Waals surface area contributed by atoms with Crippen molar-refractivity contribution in [3.05, 3.63) is 17.8 Å². The number of aromatic nitrogens is 4. The molecule has 0 aliphatic carbocycles. The summed E-state index contributed by atoms with van der Waals surface area (Å²) in [5.41, 5.74) is 6.70. The molecule has 11 heteroatoms. The van der Waals surface area contributed by atoms with Gasteiger partial charge in [0.2, 0.25) is 11.9 Å². The number of nitrogens with two attached hydrogens (primary N) is 1. The highest BCUT2D eigenvalue weighted by atomic mass is 31.0. The Balaban J connectivity index is 1.83. The molecule has 0 radical (unpaired) electrons. The van der Waals surface area contributed by atoms with Crippen molar-refractivity contribution in [2.75, 3.05) is 42.1 Å². The Labute approximate surface area is 196 Å². The Kier molecular flexibility index (Phi) is 7.56. The monoisotopic (exact) mass is 477 g/mol. The molecule has 180 valence electrons. The minimum absolute atomic E-state index is 0.0854. The van der Waals surface area contributed by atoms with Gasteiger partial charge in [0.25, 0.3) is 0 Å². The number of pyridine rings is 1. The summed E-state index contributed by atoms with van der Waals surface area (Å²) in [7, 11) is 2.16. The zero-order valence-electron chi connectivity index (χ0n) is 19.4. The lowest BCUT2D eigenvalue weighted by Crippen LogP contribution is -2.50. The fourth-order valence-corrected chi connectivity index (χ4v) is 4.68. The topological polar surface area (TPSA) is 103 Å². The Hall–Kier alpha value is -2.16. The van der Waals surface area contributed by atoms with E-state index in [9.17, 15) is 4.39 Å². The second-order valence-electron chi connectivity index (χ2n) is 8.77. The van der Waals surface area contributed by atoms with E-state index < -0.39 is 5.91 Å². The van der Waals surface area contributed by atoms with Gasteiger partial charge in [0, 0.05) is 17.3 Å². The van der Waals surface area contributed by atoms with E-state index in [-0.39, 0.29) is 23.9 Å². The molecule has 4 heterocycles. The Bertz CT molecular complexity index is 956. The van der Waals surface area contributed by atoms with Gasteiger partial charge in [-0.05, 0) is 26.3 Å². The van der Waals surface area contributed by atoms with E-state index in [0.29, 0.717) is 55.4 Å². The van der Waals surface area contributed by atoms with Gasteiger partial charge >= 0.3 is 0 Å². The number of nitrogen functional groups attached to an aromatic ring is 1. The number of alkyl halides is 1. The predicted octanol–water partition coefficient (Wildman–Crippen LogP) is 3.33. The summed E-state index contributed by atoms with van der Waals surface area (Å²) in [4.78, 5) is 22.8. The van der Waals surface area contributed by atoms with Crippen LogP contribution in [0.4, 0.5) is 22.1 Å². The lowest BCUT2D eigenvalue weighted by atomic mass is 10.1. The number of morpholine rings is 1. The fourth-order valence-electron chi connectivity index (χ4n) is 4.40. The fraction of sp³-hybridized carbons (Fsp3) is 0.636. The molecule has 0 saturated carbocycles. The molecule has 2 fully saturated rings. The zero-order chi connectivity index (χ0) is 23.5. The van der Waals surface area contributed by atoms with Crippen LogP contribution in [0.2, 0.25) is 0 Å². The molecule has 2 N–H and O–H groups in total. The predicted molar refractivity (Wildman–Crippen MR) is 130 cm³/mol. The maximum absolute atomic E-state index is 14.5. The van der Waals surface area contributed by atoms with Crippen LogP contribution in [0.3, 0.4) is 0 Å². The summed E-state index contributed by atoms with van der Waals surface area (Å²) in [6.07, 6.45) is 4.72. The zero-order valence-corrected chi connectivity index (χ0v) is 20.6. The van der Waals surface area contributed by atoms with Crippen molar-refractivity contribution in [1.29, 1.82) is 0 Å². The summed E-state index contributed by atoms with van der Waals surface area (Å²) >= 11 is 0. The highest BCUT2D eigenvalue weighted by Gasteiger charge is 2.32. The van der Waals surface area contributed by atoms with Crippen molar-refractivity contribution < 1.29 is 13.9 Å². The number of hydrogen-bond donors (Lipinski definition) is 1. The number of unbranched alkanes of at least 4 members (excludes halogenated alkanes) is 1. The number of hydrogen-bond acceptors (Lipinski definition) is 9. The maximum atomic E-state index is 14.5. The third-order valence-corrected chi connectivity index (χ3v) is 6.49. The van der Waals surface area contributed by atoms with Crippen molar-refractivity contribution >= 4 is 27.0 Å². The Morgan fingerprint density at radius 2 is 1.88 bits per heavy atom. The molecule has 2 aromatic heterocycles. The minimum atomic E-state index is -1.33. The van der Waals surface area contributed by atoms with Crippen molar-refractivity contribution in [3.8, 4) is 11.4 Å². The van der Waals surface area contributed by atoms with E-state index in [1.54, 1.807) is 0 Å². The standard InChI is InChI=1S/C22H33FN7O2P/c1-4-5-6-15-11-32-12-29(15)21-26-20(17-8-25-18(24)7-16(17)19(23)33)27-22(28-21)30-13(2)9-31-10-14(30)3/h7-8,13-15,19H,4-6,9-12,33H2,1-3H3,(H2,24,25). The van der Waals surface area contributed by atoms with Gasteiger partial charge in [-0.2, -0.15) is 15.0 Å². The average Bonchev–Trinajstić information content (AvgIpc) is 3.26. The van der Waals surface area contributed by atoms with Crippen LogP contribution in [-0.4, -0.2) is 64.6 Å². The molecule has 5 atom stereocenters. The van der Waals surface area contributed by atoms with Gasteiger partial charge in [-0.3, -0.25) is 0 Å². The second kappa shape index (κ2) is 10.4.